The normalized spacial score (nSPS) is 10.7. The number of thioether (sulfide) groups is 1. The number of carbonyl (C=O) groups excluding carboxylic acids is 1. The first kappa shape index (κ1) is 20.7. The number of nitrogens with one attached hydrogen (secondary N) is 1. The van der Waals surface area contributed by atoms with Gasteiger partial charge in [0.25, 0.3) is 5.56 Å². The van der Waals surface area contributed by atoms with Gasteiger partial charge < -0.3 is 14.5 Å². The van der Waals surface area contributed by atoms with Gasteiger partial charge >= 0.3 is 5.97 Å². The van der Waals surface area contributed by atoms with Crippen molar-refractivity contribution < 1.29 is 14.3 Å². The molecule has 0 saturated carbocycles. The second-order valence-electron chi connectivity index (χ2n) is 6.58. The molecule has 7 heteroatoms. The molecule has 0 aliphatic heterocycles. The van der Waals surface area contributed by atoms with Gasteiger partial charge in [-0.25, -0.2) is 9.78 Å². The van der Waals surface area contributed by atoms with Crippen molar-refractivity contribution in [2.45, 2.75) is 37.5 Å². The molecule has 1 N–H and O–H groups in total. The standard InChI is InChI=1S/C22H22N2O4S/c1-15(2)28-21(26)17-10-8-16(9-11-17)14-29-22-23-18(12-20(25)24-22)13-27-19-6-4-3-5-7-19/h3-12,15H,13-14H2,1-2H3,(H,23,24,25). The molecule has 3 aromatic rings. The predicted molar refractivity (Wildman–Crippen MR) is 112 cm³/mol. The summed E-state index contributed by atoms with van der Waals surface area (Å²) in [5.41, 5.74) is 1.86. The predicted octanol–water partition coefficient (Wildman–Crippen LogP) is 4.21. The molecular formula is C22H22N2O4S. The average molecular weight is 410 g/mol. The molecule has 1 aromatic heterocycles. The van der Waals surface area contributed by atoms with Gasteiger partial charge in [0.05, 0.1) is 17.4 Å². The minimum absolute atomic E-state index is 0.154. The van der Waals surface area contributed by atoms with E-state index < -0.39 is 0 Å². The van der Waals surface area contributed by atoms with Crippen molar-refractivity contribution in [2.24, 2.45) is 0 Å². The highest BCUT2D eigenvalue weighted by atomic mass is 32.2. The number of H-pyrrole nitrogens is 1. The van der Waals surface area contributed by atoms with Crippen LogP contribution in [0.3, 0.4) is 0 Å². The highest BCUT2D eigenvalue weighted by molar-refractivity contribution is 7.98. The third-order valence-electron chi connectivity index (χ3n) is 3.81. The van der Waals surface area contributed by atoms with E-state index in [4.69, 9.17) is 9.47 Å². The van der Waals surface area contributed by atoms with E-state index in [0.29, 0.717) is 22.2 Å². The van der Waals surface area contributed by atoms with Crippen molar-refractivity contribution in [2.75, 3.05) is 0 Å². The average Bonchev–Trinajstić information content (AvgIpc) is 2.71. The van der Waals surface area contributed by atoms with E-state index in [2.05, 4.69) is 9.97 Å². The van der Waals surface area contributed by atoms with Crippen LogP contribution in [0.1, 0.15) is 35.5 Å². The van der Waals surface area contributed by atoms with Crippen LogP contribution in [0, 0.1) is 0 Å². The van der Waals surface area contributed by atoms with E-state index in [1.165, 1.54) is 17.8 Å². The Morgan fingerprint density at radius 3 is 2.52 bits per heavy atom. The smallest absolute Gasteiger partial charge is 0.338 e. The molecule has 3 rings (SSSR count). The zero-order valence-electron chi connectivity index (χ0n) is 16.3. The first-order valence-corrected chi connectivity index (χ1v) is 10.2. The largest absolute Gasteiger partial charge is 0.487 e. The zero-order valence-corrected chi connectivity index (χ0v) is 17.1. The Morgan fingerprint density at radius 2 is 1.83 bits per heavy atom. The lowest BCUT2D eigenvalue weighted by Gasteiger charge is -2.08. The molecule has 0 bridgehead atoms. The Bertz CT molecular complexity index is 1000. The van der Waals surface area contributed by atoms with Crippen LogP contribution in [0.4, 0.5) is 0 Å². The molecule has 150 valence electrons. The lowest BCUT2D eigenvalue weighted by Crippen LogP contribution is -2.12. The lowest BCUT2D eigenvalue weighted by molar-refractivity contribution is 0.0378. The van der Waals surface area contributed by atoms with Gasteiger partial charge in [0.15, 0.2) is 5.16 Å². The van der Waals surface area contributed by atoms with E-state index in [0.717, 1.165) is 11.3 Å². The third kappa shape index (κ3) is 6.50. The summed E-state index contributed by atoms with van der Waals surface area (Å²) < 4.78 is 10.8. The summed E-state index contributed by atoms with van der Waals surface area (Å²) in [6.45, 7) is 3.85. The summed E-state index contributed by atoms with van der Waals surface area (Å²) in [6, 6.07) is 18.0. The highest BCUT2D eigenvalue weighted by Crippen LogP contribution is 2.19. The topological polar surface area (TPSA) is 81.3 Å². The van der Waals surface area contributed by atoms with Crippen molar-refractivity contribution in [1.29, 1.82) is 0 Å². The van der Waals surface area contributed by atoms with Gasteiger partial charge in [0, 0.05) is 11.8 Å². The molecule has 0 aliphatic rings. The quantitative estimate of drug-likeness (QED) is 0.340. The van der Waals surface area contributed by atoms with Gasteiger partial charge in [0.1, 0.15) is 12.4 Å². The van der Waals surface area contributed by atoms with Crippen LogP contribution >= 0.6 is 11.8 Å². The Kier molecular flexibility index (Phi) is 7.08. The minimum atomic E-state index is -0.337. The van der Waals surface area contributed by atoms with E-state index >= 15 is 0 Å². The number of esters is 1. The summed E-state index contributed by atoms with van der Waals surface area (Å²) in [5.74, 6) is 0.988. The van der Waals surface area contributed by atoms with Crippen LogP contribution in [0.15, 0.2) is 70.6 Å². The first-order chi connectivity index (χ1) is 14.0. The molecule has 0 radical (unpaired) electrons. The third-order valence-corrected chi connectivity index (χ3v) is 4.76. The van der Waals surface area contributed by atoms with Crippen LogP contribution in [0.2, 0.25) is 0 Å². The lowest BCUT2D eigenvalue weighted by atomic mass is 10.1. The van der Waals surface area contributed by atoms with Crippen molar-refractivity contribution in [1.82, 2.24) is 9.97 Å². The van der Waals surface area contributed by atoms with Crippen molar-refractivity contribution in [3.05, 3.63) is 87.8 Å². The number of carbonyl (C=O) groups is 1. The number of aromatic amines is 1. The fourth-order valence-electron chi connectivity index (χ4n) is 2.47. The van der Waals surface area contributed by atoms with Crippen LogP contribution in [-0.4, -0.2) is 22.0 Å². The molecule has 0 spiro atoms. The number of ether oxygens (including phenoxy) is 2. The molecule has 0 amide bonds. The van der Waals surface area contributed by atoms with Crippen LogP contribution in [0.25, 0.3) is 0 Å². The second kappa shape index (κ2) is 9.93. The molecule has 0 unspecified atom stereocenters. The molecule has 0 atom stereocenters. The maximum Gasteiger partial charge on any atom is 0.338 e. The summed E-state index contributed by atoms with van der Waals surface area (Å²) in [5, 5.41) is 0.521. The summed E-state index contributed by atoms with van der Waals surface area (Å²) in [7, 11) is 0. The Labute approximate surface area is 173 Å². The van der Waals surface area contributed by atoms with Gasteiger partial charge in [-0.3, -0.25) is 4.79 Å². The highest BCUT2D eigenvalue weighted by Gasteiger charge is 2.09. The van der Waals surface area contributed by atoms with Crippen LogP contribution in [0.5, 0.6) is 5.75 Å². The molecule has 6 nitrogen and oxygen atoms in total. The number of nitrogens with zero attached hydrogens (tertiary/aromatic N) is 1. The van der Waals surface area contributed by atoms with Gasteiger partial charge in [-0.1, -0.05) is 42.1 Å². The van der Waals surface area contributed by atoms with Gasteiger partial charge in [-0.2, -0.15) is 0 Å². The Balaban J connectivity index is 1.59. The van der Waals surface area contributed by atoms with E-state index in [9.17, 15) is 9.59 Å². The minimum Gasteiger partial charge on any atom is -0.487 e. The molecule has 0 fully saturated rings. The summed E-state index contributed by atoms with van der Waals surface area (Å²) >= 11 is 1.41. The number of hydrogen-bond acceptors (Lipinski definition) is 6. The molecular weight excluding hydrogens is 388 g/mol. The number of benzene rings is 2. The van der Waals surface area contributed by atoms with Gasteiger partial charge in [-0.15, -0.1) is 0 Å². The van der Waals surface area contributed by atoms with Gasteiger partial charge in [0.2, 0.25) is 0 Å². The molecule has 0 saturated heterocycles. The number of para-hydroxylation sites is 1. The van der Waals surface area contributed by atoms with E-state index in [1.807, 2.05) is 56.3 Å². The summed E-state index contributed by atoms with van der Waals surface area (Å²) in [4.78, 5) is 31.0. The van der Waals surface area contributed by atoms with Crippen molar-refractivity contribution in [3.63, 3.8) is 0 Å². The van der Waals surface area contributed by atoms with Crippen LogP contribution < -0.4 is 10.3 Å². The van der Waals surface area contributed by atoms with Crippen molar-refractivity contribution >= 4 is 17.7 Å². The van der Waals surface area contributed by atoms with E-state index in [-0.39, 0.29) is 24.2 Å². The number of rotatable bonds is 8. The molecule has 1 heterocycles. The zero-order chi connectivity index (χ0) is 20.6. The Morgan fingerprint density at radius 1 is 1.10 bits per heavy atom. The second-order valence-corrected chi connectivity index (χ2v) is 7.55. The molecule has 2 aromatic carbocycles. The summed E-state index contributed by atoms with van der Waals surface area (Å²) in [6.07, 6.45) is -0.154. The maximum atomic E-state index is 11.9. The number of hydrogen-bond donors (Lipinski definition) is 1. The Hall–Kier alpha value is -3.06. The van der Waals surface area contributed by atoms with Crippen LogP contribution in [-0.2, 0) is 17.1 Å². The number of aromatic nitrogens is 2. The van der Waals surface area contributed by atoms with Gasteiger partial charge in [-0.05, 0) is 43.7 Å². The monoisotopic (exact) mass is 410 g/mol. The van der Waals surface area contributed by atoms with Crippen molar-refractivity contribution in [3.8, 4) is 5.75 Å². The van der Waals surface area contributed by atoms with E-state index in [1.54, 1.807) is 12.1 Å². The SMILES string of the molecule is CC(C)OC(=O)c1ccc(CSc2nc(COc3ccccc3)cc(=O)[nH]2)cc1. The molecule has 29 heavy (non-hydrogen) atoms. The fourth-order valence-corrected chi connectivity index (χ4v) is 3.32. The fraction of sp³-hybridized carbons (Fsp3) is 0.227. The maximum absolute atomic E-state index is 11.9. The molecule has 0 aliphatic carbocycles. The first-order valence-electron chi connectivity index (χ1n) is 9.20.